The number of nitrogens with one attached hydrogen (secondary N) is 3. The maximum Gasteiger partial charge on any atom is 0.272 e. The predicted molar refractivity (Wildman–Crippen MR) is 84.8 cm³/mol. The van der Waals surface area contributed by atoms with Gasteiger partial charge in [0, 0.05) is 37.3 Å². The zero-order valence-corrected chi connectivity index (χ0v) is 13.4. The monoisotopic (exact) mass is 312 g/mol. The summed E-state index contributed by atoms with van der Waals surface area (Å²) in [6.07, 6.45) is 7.14. The number of aromatic amines is 1. The van der Waals surface area contributed by atoms with Crippen LogP contribution in [0.25, 0.3) is 0 Å². The standard InChI is InChI=1S/C15H24N4O.ClH/c1-2-5-15(6-3-7-15)10-17-14(20)13-11-9-16-8-4-12(11)18-19-13;/h16H,2-10H2,1H3,(H,17,20)(H,18,19);1H. The fourth-order valence-electron chi connectivity index (χ4n) is 3.49. The molecule has 3 N–H and O–H groups in total. The van der Waals surface area contributed by atoms with Gasteiger partial charge in [0.2, 0.25) is 0 Å². The van der Waals surface area contributed by atoms with Gasteiger partial charge in [-0.05, 0) is 24.7 Å². The fraction of sp³-hybridized carbons (Fsp3) is 0.733. The van der Waals surface area contributed by atoms with E-state index in [-0.39, 0.29) is 18.3 Å². The minimum atomic E-state index is -0.0198. The maximum atomic E-state index is 12.3. The first-order valence-electron chi connectivity index (χ1n) is 7.79. The second-order valence-electron chi connectivity index (χ2n) is 6.24. The molecule has 1 amide bonds. The molecule has 1 aliphatic carbocycles. The molecule has 1 saturated carbocycles. The Hall–Kier alpha value is -1.07. The van der Waals surface area contributed by atoms with Crippen LogP contribution >= 0.6 is 12.4 Å². The van der Waals surface area contributed by atoms with Crippen molar-refractivity contribution >= 4 is 18.3 Å². The Balaban J connectivity index is 0.00000161. The van der Waals surface area contributed by atoms with Crippen LogP contribution in [0.5, 0.6) is 0 Å². The Morgan fingerprint density at radius 2 is 2.24 bits per heavy atom. The van der Waals surface area contributed by atoms with E-state index in [9.17, 15) is 4.79 Å². The Bertz CT molecular complexity index is 496. The molecule has 2 aliphatic rings. The molecule has 0 atom stereocenters. The minimum absolute atomic E-state index is 0. The van der Waals surface area contributed by atoms with Crippen LogP contribution in [0, 0.1) is 5.41 Å². The lowest BCUT2D eigenvalue weighted by atomic mass is 9.66. The molecule has 0 radical (unpaired) electrons. The van der Waals surface area contributed by atoms with Crippen LogP contribution in [-0.4, -0.2) is 29.2 Å². The number of fused-ring (bicyclic) bond motifs is 1. The molecule has 6 heteroatoms. The zero-order valence-electron chi connectivity index (χ0n) is 12.6. The van der Waals surface area contributed by atoms with Crippen LogP contribution in [0.3, 0.4) is 0 Å². The first-order chi connectivity index (χ1) is 9.74. The van der Waals surface area contributed by atoms with E-state index in [0.29, 0.717) is 11.1 Å². The molecule has 1 fully saturated rings. The van der Waals surface area contributed by atoms with Crippen LogP contribution in [0.2, 0.25) is 0 Å². The number of halogens is 1. The van der Waals surface area contributed by atoms with E-state index in [0.717, 1.165) is 37.3 Å². The number of carbonyl (C=O) groups is 1. The molecule has 5 nitrogen and oxygen atoms in total. The molecular formula is C15H25ClN4O. The molecule has 21 heavy (non-hydrogen) atoms. The smallest absolute Gasteiger partial charge is 0.272 e. The van der Waals surface area contributed by atoms with E-state index in [1.54, 1.807) is 0 Å². The van der Waals surface area contributed by atoms with Crippen molar-refractivity contribution in [3.8, 4) is 0 Å². The topological polar surface area (TPSA) is 69.8 Å². The van der Waals surface area contributed by atoms with E-state index in [1.807, 2.05) is 0 Å². The number of hydrogen-bond acceptors (Lipinski definition) is 3. The first kappa shape index (κ1) is 16.3. The molecule has 1 aromatic heterocycles. The van der Waals surface area contributed by atoms with Gasteiger partial charge >= 0.3 is 0 Å². The summed E-state index contributed by atoms with van der Waals surface area (Å²) in [7, 11) is 0. The van der Waals surface area contributed by atoms with Crippen molar-refractivity contribution in [1.29, 1.82) is 0 Å². The molecule has 2 heterocycles. The van der Waals surface area contributed by atoms with Crippen molar-refractivity contribution in [3.63, 3.8) is 0 Å². The van der Waals surface area contributed by atoms with Crippen molar-refractivity contribution in [1.82, 2.24) is 20.8 Å². The number of carbonyl (C=O) groups excluding carboxylic acids is 1. The first-order valence-corrected chi connectivity index (χ1v) is 7.79. The van der Waals surface area contributed by atoms with Gasteiger partial charge in [-0.15, -0.1) is 12.4 Å². The largest absolute Gasteiger partial charge is 0.350 e. The number of amides is 1. The van der Waals surface area contributed by atoms with Crippen molar-refractivity contribution in [3.05, 3.63) is 17.0 Å². The van der Waals surface area contributed by atoms with Crippen molar-refractivity contribution in [2.45, 2.75) is 52.0 Å². The van der Waals surface area contributed by atoms with E-state index in [2.05, 4.69) is 27.8 Å². The number of nitrogens with zero attached hydrogens (tertiary/aromatic N) is 1. The van der Waals surface area contributed by atoms with Gasteiger partial charge in [0.15, 0.2) is 5.69 Å². The third-order valence-electron chi connectivity index (χ3n) is 4.84. The molecular weight excluding hydrogens is 288 g/mol. The predicted octanol–water partition coefficient (Wildman–Crippen LogP) is 2.18. The van der Waals surface area contributed by atoms with Gasteiger partial charge in [0.05, 0.1) is 0 Å². The fourth-order valence-corrected chi connectivity index (χ4v) is 3.49. The Kier molecular flexibility index (Phi) is 5.27. The number of H-pyrrole nitrogens is 1. The highest BCUT2D eigenvalue weighted by Gasteiger charge is 2.36. The summed E-state index contributed by atoms with van der Waals surface area (Å²) in [5.74, 6) is -0.0198. The summed E-state index contributed by atoms with van der Waals surface area (Å²) in [6, 6.07) is 0. The number of aromatic nitrogens is 2. The average Bonchev–Trinajstić information content (AvgIpc) is 2.85. The van der Waals surface area contributed by atoms with Crippen molar-refractivity contribution in [2.24, 2.45) is 5.41 Å². The number of rotatable bonds is 5. The molecule has 0 unspecified atom stereocenters. The van der Waals surface area contributed by atoms with Crippen LogP contribution in [0.4, 0.5) is 0 Å². The van der Waals surface area contributed by atoms with E-state index >= 15 is 0 Å². The molecule has 0 aromatic carbocycles. The van der Waals surface area contributed by atoms with Gasteiger partial charge in [0.1, 0.15) is 0 Å². The Labute approximate surface area is 132 Å². The maximum absolute atomic E-state index is 12.3. The second-order valence-corrected chi connectivity index (χ2v) is 6.24. The zero-order chi connectivity index (χ0) is 14.0. The third-order valence-corrected chi connectivity index (χ3v) is 4.84. The molecule has 118 valence electrons. The van der Waals surface area contributed by atoms with Gasteiger partial charge in [0.25, 0.3) is 5.91 Å². The summed E-state index contributed by atoms with van der Waals surface area (Å²) in [5.41, 5.74) is 3.10. The summed E-state index contributed by atoms with van der Waals surface area (Å²) in [6.45, 7) is 4.72. The summed E-state index contributed by atoms with van der Waals surface area (Å²) < 4.78 is 0. The summed E-state index contributed by atoms with van der Waals surface area (Å²) in [5, 5.41) is 13.6. The molecule has 0 bridgehead atoms. The second kappa shape index (κ2) is 6.79. The third kappa shape index (κ3) is 3.24. The Morgan fingerprint density at radius 1 is 1.43 bits per heavy atom. The molecule has 1 aromatic rings. The molecule has 3 rings (SSSR count). The van der Waals surface area contributed by atoms with Crippen LogP contribution in [0.1, 0.15) is 60.8 Å². The summed E-state index contributed by atoms with van der Waals surface area (Å²) in [4.78, 5) is 12.3. The van der Waals surface area contributed by atoms with Crippen molar-refractivity contribution < 1.29 is 4.79 Å². The number of hydrogen-bond donors (Lipinski definition) is 3. The lowest BCUT2D eigenvalue weighted by molar-refractivity contribution is 0.0827. The van der Waals surface area contributed by atoms with Gasteiger partial charge in [-0.1, -0.05) is 19.8 Å². The summed E-state index contributed by atoms with van der Waals surface area (Å²) >= 11 is 0. The van der Waals surface area contributed by atoms with E-state index in [4.69, 9.17) is 0 Å². The Morgan fingerprint density at radius 3 is 2.90 bits per heavy atom. The molecule has 0 spiro atoms. The lowest BCUT2D eigenvalue weighted by Gasteiger charge is -2.42. The SMILES string of the molecule is CCCC1(CNC(=O)c2n[nH]c3c2CNCC3)CCC1.Cl. The van der Waals surface area contributed by atoms with E-state index in [1.165, 1.54) is 32.1 Å². The highest BCUT2D eigenvalue weighted by molar-refractivity contribution is 5.94. The quantitative estimate of drug-likeness (QED) is 0.780. The normalized spacial score (nSPS) is 19.1. The highest BCUT2D eigenvalue weighted by atomic mass is 35.5. The van der Waals surface area contributed by atoms with Crippen LogP contribution < -0.4 is 10.6 Å². The minimum Gasteiger partial charge on any atom is -0.350 e. The van der Waals surface area contributed by atoms with Gasteiger partial charge in [-0.3, -0.25) is 9.89 Å². The lowest BCUT2D eigenvalue weighted by Crippen LogP contribution is -2.42. The van der Waals surface area contributed by atoms with Gasteiger partial charge in [-0.25, -0.2) is 0 Å². The van der Waals surface area contributed by atoms with Crippen LogP contribution in [-0.2, 0) is 13.0 Å². The molecule has 0 saturated heterocycles. The van der Waals surface area contributed by atoms with Crippen molar-refractivity contribution in [2.75, 3.05) is 13.1 Å². The van der Waals surface area contributed by atoms with Gasteiger partial charge in [-0.2, -0.15) is 5.10 Å². The molecule has 1 aliphatic heterocycles. The van der Waals surface area contributed by atoms with Crippen LogP contribution in [0.15, 0.2) is 0 Å². The highest BCUT2D eigenvalue weighted by Crippen LogP contribution is 2.44. The van der Waals surface area contributed by atoms with Gasteiger partial charge < -0.3 is 10.6 Å². The average molecular weight is 313 g/mol. The van der Waals surface area contributed by atoms with E-state index < -0.39 is 0 Å².